The number of fused-ring (bicyclic) bond motifs is 1. The summed E-state index contributed by atoms with van der Waals surface area (Å²) >= 11 is 8.62. The maximum atomic E-state index is 11.6. The standard InChI is InChI=1S/C12H15BrN4OS/c1-2-4-14-10(18)3-5-17-11-9(16-12(17)19)6-8(13)7-15-11/h6-7H,2-5H2,1H3,(H,14,18)(H,16,19). The monoisotopic (exact) mass is 342 g/mol. The van der Waals surface area contributed by atoms with Crippen molar-refractivity contribution in [2.45, 2.75) is 26.3 Å². The Balaban J connectivity index is 2.14. The number of carbonyl (C=O) groups excluding carboxylic acids is 1. The van der Waals surface area contributed by atoms with Gasteiger partial charge in [-0.2, -0.15) is 0 Å². The molecule has 0 aliphatic carbocycles. The number of aromatic nitrogens is 3. The van der Waals surface area contributed by atoms with E-state index in [0.717, 1.165) is 22.1 Å². The number of halogens is 1. The number of pyridine rings is 1. The lowest BCUT2D eigenvalue weighted by Gasteiger charge is -2.05. The van der Waals surface area contributed by atoms with Gasteiger partial charge in [0.1, 0.15) is 0 Å². The summed E-state index contributed by atoms with van der Waals surface area (Å²) in [6, 6.07) is 1.92. The summed E-state index contributed by atoms with van der Waals surface area (Å²) in [5.74, 6) is 0.0372. The van der Waals surface area contributed by atoms with Crippen LogP contribution >= 0.6 is 28.1 Å². The van der Waals surface area contributed by atoms with E-state index < -0.39 is 0 Å². The van der Waals surface area contributed by atoms with Gasteiger partial charge in [-0.25, -0.2) is 4.98 Å². The largest absolute Gasteiger partial charge is 0.356 e. The summed E-state index contributed by atoms with van der Waals surface area (Å²) in [6.07, 6.45) is 3.06. The molecule has 0 saturated carbocycles. The highest BCUT2D eigenvalue weighted by molar-refractivity contribution is 9.10. The average molecular weight is 343 g/mol. The van der Waals surface area contributed by atoms with Gasteiger partial charge in [0.05, 0.1) is 5.52 Å². The van der Waals surface area contributed by atoms with Crippen LogP contribution in [0.3, 0.4) is 0 Å². The van der Waals surface area contributed by atoms with Crippen LogP contribution in [-0.2, 0) is 11.3 Å². The number of aryl methyl sites for hydroxylation is 1. The Morgan fingerprint density at radius 3 is 3.16 bits per heavy atom. The van der Waals surface area contributed by atoms with E-state index in [1.54, 1.807) is 6.20 Å². The molecule has 7 heteroatoms. The van der Waals surface area contributed by atoms with Crippen LogP contribution in [0.15, 0.2) is 16.7 Å². The van der Waals surface area contributed by atoms with Crippen LogP contribution in [0.25, 0.3) is 11.2 Å². The maximum absolute atomic E-state index is 11.6. The topological polar surface area (TPSA) is 62.7 Å². The average Bonchev–Trinajstić information content (AvgIpc) is 2.68. The highest BCUT2D eigenvalue weighted by Gasteiger charge is 2.08. The number of aromatic amines is 1. The van der Waals surface area contributed by atoms with Crippen LogP contribution < -0.4 is 5.32 Å². The lowest BCUT2D eigenvalue weighted by atomic mass is 10.3. The first kappa shape index (κ1) is 14.2. The second-order valence-electron chi connectivity index (χ2n) is 4.21. The van der Waals surface area contributed by atoms with Crippen molar-refractivity contribution in [3.8, 4) is 0 Å². The first-order valence-electron chi connectivity index (χ1n) is 6.12. The van der Waals surface area contributed by atoms with E-state index in [1.807, 2.05) is 17.6 Å². The fraction of sp³-hybridized carbons (Fsp3) is 0.417. The van der Waals surface area contributed by atoms with Crippen LogP contribution in [0.4, 0.5) is 0 Å². The fourth-order valence-electron chi connectivity index (χ4n) is 1.79. The van der Waals surface area contributed by atoms with E-state index in [-0.39, 0.29) is 5.91 Å². The molecule has 0 bridgehead atoms. The smallest absolute Gasteiger partial charge is 0.221 e. The molecule has 0 saturated heterocycles. The zero-order valence-corrected chi connectivity index (χ0v) is 13.0. The zero-order chi connectivity index (χ0) is 13.8. The molecule has 0 spiro atoms. The van der Waals surface area contributed by atoms with E-state index in [9.17, 15) is 4.79 Å². The van der Waals surface area contributed by atoms with Gasteiger partial charge in [-0.1, -0.05) is 6.92 Å². The summed E-state index contributed by atoms with van der Waals surface area (Å²) < 4.78 is 3.33. The number of amides is 1. The molecular formula is C12H15BrN4OS. The Kier molecular flexibility index (Phi) is 4.71. The quantitative estimate of drug-likeness (QED) is 0.821. The number of hydrogen-bond donors (Lipinski definition) is 2. The Labute approximate surface area is 124 Å². The van der Waals surface area contributed by atoms with E-state index in [4.69, 9.17) is 12.2 Å². The number of rotatable bonds is 5. The van der Waals surface area contributed by atoms with Crippen LogP contribution in [0.1, 0.15) is 19.8 Å². The number of hydrogen-bond acceptors (Lipinski definition) is 3. The van der Waals surface area contributed by atoms with Crippen molar-refractivity contribution < 1.29 is 4.79 Å². The van der Waals surface area contributed by atoms with Gasteiger partial charge >= 0.3 is 0 Å². The van der Waals surface area contributed by atoms with Crippen LogP contribution in [0.5, 0.6) is 0 Å². The first-order valence-corrected chi connectivity index (χ1v) is 7.32. The van der Waals surface area contributed by atoms with Crippen molar-refractivity contribution in [2.75, 3.05) is 6.54 Å². The fourth-order valence-corrected chi connectivity index (χ4v) is 2.41. The molecule has 2 N–H and O–H groups in total. The molecule has 19 heavy (non-hydrogen) atoms. The van der Waals surface area contributed by atoms with Crippen LogP contribution in [-0.4, -0.2) is 27.0 Å². The van der Waals surface area contributed by atoms with Gasteiger partial charge in [0.2, 0.25) is 5.91 Å². The number of carbonyl (C=O) groups is 1. The lowest BCUT2D eigenvalue weighted by molar-refractivity contribution is -0.121. The normalized spacial score (nSPS) is 10.8. The third-order valence-electron chi connectivity index (χ3n) is 2.71. The van der Waals surface area contributed by atoms with Crippen LogP contribution in [0, 0.1) is 4.77 Å². The summed E-state index contributed by atoms with van der Waals surface area (Å²) in [4.78, 5) is 19.0. The van der Waals surface area contributed by atoms with E-state index in [0.29, 0.717) is 24.3 Å². The van der Waals surface area contributed by atoms with E-state index in [2.05, 4.69) is 31.2 Å². The van der Waals surface area contributed by atoms with Crippen molar-refractivity contribution in [2.24, 2.45) is 0 Å². The predicted octanol–water partition coefficient (Wildman–Crippen LogP) is 2.77. The minimum Gasteiger partial charge on any atom is -0.356 e. The molecule has 0 aliphatic heterocycles. The molecule has 5 nitrogen and oxygen atoms in total. The number of nitrogens with zero attached hydrogens (tertiary/aromatic N) is 2. The molecule has 0 radical (unpaired) electrons. The van der Waals surface area contributed by atoms with Gasteiger partial charge in [0.15, 0.2) is 10.4 Å². The molecule has 2 heterocycles. The SMILES string of the molecule is CCCNC(=O)CCn1c(=S)[nH]c2cc(Br)cnc21. The molecule has 1 amide bonds. The molecule has 0 fully saturated rings. The molecule has 2 aromatic rings. The number of imidazole rings is 1. The van der Waals surface area contributed by atoms with Gasteiger partial charge in [-0.3, -0.25) is 4.79 Å². The molecule has 2 aromatic heterocycles. The molecule has 0 atom stereocenters. The molecule has 0 unspecified atom stereocenters. The van der Waals surface area contributed by atoms with Crippen molar-refractivity contribution in [3.63, 3.8) is 0 Å². The third kappa shape index (κ3) is 3.42. The second kappa shape index (κ2) is 6.29. The van der Waals surface area contributed by atoms with Crippen molar-refractivity contribution in [3.05, 3.63) is 21.5 Å². The van der Waals surface area contributed by atoms with Gasteiger partial charge in [-0.05, 0) is 40.6 Å². The molecule has 0 aliphatic rings. The second-order valence-corrected chi connectivity index (χ2v) is 5.51. The van der Waals surface area contributed by atoms with Gasteiger partial charge in [-0.15, -0.1) is 0 Å². The number of H-pyrrole nitrogens is 1. The Bertz CT molecular complexity index is 649. The molecule has 2 rings (SSSR count). The van der Waals surface area contributed by atoms with Gasteiger partial charge < -0.3 is 14.9 Å². The molecular weight excluding hydrogens is 328 g/mol. The third-order valence-corrected chi connectivity index (χ3v) is 3.47. The minimum atomic E-state index is 0.0372. The molecule has 102 valence electrons. The predicted molar refractivity (Wildman–Crippen MR) is 80.5 cm³/mol. The summed E-state index contributed by atoms with van der Waals surface area (Å²) in [6.45, 7) is 3.27. The lowest BCUT2D eigenvalue weighted by Crippen LogP contribution is -2.25. The highest BCUT2D eigenvalue weighted by atomic mass is 79.9. The van der Waals surface area contributed by atoms with Crippen molar-refractivity contribution >= 4 is 45.2 Å². The van der Waals surface area contributed by atoms with Crippen molar-refractivity contribution in [1.82, 2.24) is 19.9 Å². The van der Waals surface area contributed by atoms with Gasteiger partial charge in [0.25, 0.3) is 0 Å². The number of nitrogens with one attached hydrogen (secondary N) is 2. The summed E-state index contributed by atoms with van der Waals surface area (Å²) in [5.41, 5.74) is 1.64. The molecule has 0 aromatic carbocycles. The highest BCUT2D eigenvalue weighted by Crippen LogP contribution is 2.17. The van der Waals surface area contributed by atoms with E-state index in [1.165, 1.54) is 0 Å². The Hall–Kier alpha value is -1.21. The van der Waals surface area contributed by atoms with Gasteiger partial charge in [0, 0.05) is 30.2 Å². The Morgan fingerprint density at radius 1 is 1.63 bits per heavy atom. The summed E-state index contributed by atoms with van der Waals surface area (Å²) in [7, 11) is 0. The maximum Gasteiger partial charge on any atom is 0.221 e. The zero-order valence-electron chi connectivity index (χ0n) is 10.6. The summed E-state index contributed by atoms with van der Waals surface area (Å²) in [5, 5.41) is 2.85. The van der Waals surface area contributed by atoms with Crippen molar-refractivity contribution in [1.29, 1.82) is 0 Å². The van der Waals surface area contributed by atoms with E-state index >= 15 is 0 Å². The first-order chi connectivity index (χ1) is 9.11. The Morgan fingerprint density at radius 2 is 2.42 bits per heavy atom. The van der Waals surface area contributed by atoms with Crippen LogP contribution in [0.2, 0.25) is 0 Å². The minimum absolute atomic E-state index is 0.0372.